The molecule has 0 aliphatic heterocycles. The maximum atomic E-state index is 6.94. The molecular formula is C15H32Cl2NSiTi. The molecule has 0 aromatic carbocycles. The minimum atomic E-state index is -0.250. The van der Waals surface area contributed by atoms with Crippen LogP contribution in [0.25, 0.3) is 5.73 Å². The third kappa shape index (κ3) is 21.3. The van der Waals surface area contributed by atoms with Crippen molar-refractivity contribution in [2.45, 2.75) is 67.1 Å². The van der Waals surface area contributed by atoms with E-state index in [1.165, 1.54) is 16.7 Å². The summed E-state index contributed by atoms with van der Waals surface area (Å²) in [4.78, 5) is 0. The third-order valence-electron chi connectivity index (χ3n) is 2.24. The molecule has 0 bridgehead atoms. The third-order valence-corrected chi connectivity index (χ3v) is 2.24. The summed E-state index contributed by atoms with van der Waals surface area (Å²) in [7, 11) is 0.750. The van der Waals surface area contributed by atoms with E-state index < -0.39 is 0 Å². The van der Waals surface area contributed by atoms with Gasteiger partial charge in [-0.15, -0.1) is 37.3 Å². The Kier molecular flexibility index (Phi) is 26.8. The molecule has 119 valence electrons. The number of rotatable bonds is 0. The zero-order valence-electron chi connectivity index (χ0n) is 14.5. The molecule has 0 amide bonds. The maximum absolute atomic E-state index is 6.94. The van der Waals surface area contributed by atoms with Crippen molar-refractivity contribution in [2.24, 2.45) is 5.92 Å². The molecule has 0 heterocycles. The summed E-state index contributed by atoms with van der Waals surface area (Å²) in [6.45, 7) is 18.6. The van der Waals surface area contributed by atoms with Crippen LogP contribution in [0.3, 0.4) is 0 Å². The van der Waals surface area contributed by atoms with Gasteiger partial charge in [-0.05, 0) is 0 Å². The Balaban J connectivity index is -0.0000000601. The van der Waals surface area contributed by atoms with Crippen molar-refractivity contribution < 1.29 is 21.7 Å². The molecule has 1 aliphatic carbocycles. The molecule has 20 heavy (non-hydrogen) atoms. The summed E-state index contributed by atoms with van der Waals surface area (Å²) in [5.74, 6) is 0.560. The van der Waals surface area contributed by atoms with Crippen LogP contribution in [0.5, 0.6) is 0 Å². The summed E-state index contributed by atoms with van der Waals surface area (Å²) in [6.07, 6.45) is 3.36. The number of halogens is 2. The maximum Gasteiger partial charge on any atom is 2.00 e. The fourth-order valence-electron chi connectivity index (χ4n) is 1.16. The van der Waals surface area contributed by atoms with Gasteiger partial charge in [0, 0.05) is 9.52 Å². The van der Waals surface area contributed by atoms with Gasteiger partial charge in [0.1, 0.15) is 0 Å². The van der Waals surface area contributed by atoms with E-state index in [1.807, 2.05) is 20.8 Å². The monoisotopic (exact) mass is 372 g/mol. The SMILES string of the molecule is CC(C)(C)[NH-].CC1=[C-]C(C)C(C)=C1C.C[SiH]C.Cl.Cl.[Ti+2]. The first kappa shape index (κ1) is 32.8. The second-order valence-electron chi connectivity index (χ2n) is 5.63. The van der Waals surface area contributed by atoms with E-state index in [2.05, 4.69) is 46.9 Å². The molecule has 1 nitrogen and oxygen atoms in total. The van der Waals surface area contributed by atoms with E-state index in [0.29, 0.717) is 5.92 Å². The molecule has 1 unspecified atom stereocenters. The minimum Gasteiger partial charge on any atom is -0.673 e. The number of hydrogen-bond acceptors (Lipinski definition) is 0. The zero-order valence-corrected chi connectivity index (χ0v) is 18.8. The van der Waals surface area contributed by atoms with Crippen molar-refractivity contribution in [1.82, 2.24) is 0 Å². The normalized spacial score (nSPS) is 16.1. The molecule has 1 N–H and O–H groups in total. The van der Waals surface area contributed by atoms with Crippen molar-refractivity contribution in [1.29, 1.82) is 0 Å². The van der Waals surface area contributed by atoms with E-state index in [-0.39, 0.29) is 52.1 Å². The van der Waals surface area contributed by atoms with Crippen molar-refractivity contribution in [3.05, 3.63) is 28.5 Å². The van der Waals surface area contributed by atoms with Gasteiger partial charge >= 0.3 is 21.7 Å². The second-order valence-corrected chi connectivity index (χ2v) is 6.78. The second kappa shape index (κ2) is 16.3. The van der Waals surface area contributed by atoms with Crippen molar-refractivity contribution in [3.8, 4) is 0 Å². The molecule has 5 heteroatoms. The topological polar surface area (TPSA) is 23.8 Å². The largest absolute Gasteiger partial charge is 2.00 e. The van der Waals surface area contributed by atoms with Gasteiger partial charge in [0.15, 0.2) is 0 Å². The van der Waals surface area contributed by atoms with Gasteiger partial charge in [0.25, 0.3) is 0 Å². The van der Waals surface area contributed by atoms with E-state index in [9.17, 15) is 0 Å². The molecule has 1 radical (unpaired) electrons. The predicted octanol–water partition coefficient (Wildman–Crippen LogP) is 5.92. The molecule has 1 rings (SSSR count). The molecule has 0 saturated carbocycles. The Morgan fingerprint density at radius 1 is 1.05 bits per heavy atom. The fraction of sp³-hybridized carbons (Fsp3) is 0.733. The Labute approximate surface area is 157 Å². The molecular weight excluding hydrogens is 341 g/mol. The van der Waals surface area contributed by atoms with Crippen LogP contribution in [0.2, 0.25) is 13.1 Å². The van der Waals surface area contributed by atoms with Crippen LogP contribution < -0.4 is 0 Å². The van der Waals surface area contributed by atoms with Crippen LogP contribution in [-0.2, 0) is 21.7 Å². The zero-order chi connectivity index (χ0) is 14.2. The van der Waals surface area contributed by atoms with Crippen LogP contribution in [0, 0.1) is 12.0 Å². The smallest absolute Gasteiger partial charge is 0.673 e. The quantitative estimate of drug-likeness (QED) is 0.372. The van der Waals surface area contributed by atoms with Gasteiger partial charge in [0.05, 0.1) is 0 Å². The molecule has 0 spiro atoms. The van der Waals surface area contributed by atoms with E-state index in [0.717, 1.165) is 9.52 Å². The van der Waals surface area contributed by atoms with Crippen molar-refractivity contribution in [2.75, 3.05) is 0 Å². The number of hydrogen-bond donors (Lipinski definition) is 0. The molecule has 0 saturated heterocycles. The predicted molar refractivity (Wildman–Crippen MR) is 97.4 cm³/mol. The van der Waals surface area contributed by atoms with Crippen LogP contribution in [0.1, 0.15) is 48.5 Å². The van der Waals surface area contributed by atoms with Crippen molar-refractivity contribution in [3.63, 3.8) is 0 Å². The first-order valence-electron chi connectivity index (χ1n) is 6.31. The summed E-state index contributed by atoms with van der Waals surface area (Å²) >= 11 is 0. The van der Waals surface area contributed by atoms with E-state index in [4.69, 9.17) is 5.73 Å². The molecule has 1 atom stereocenters. The van der Waals surface area contributed by atoms with Gasteiger partial charge in [-0.1, -0.05) is 60.6 Å². The van der Waals surface area contributed by atoms with E-state index >= 15 is 0 Å². The molecule has 0 aromatic rings. The number of nitrogens with one attached hydrogen (secondary N) is 1. The van der Waals surface area contributed by atoms with Crippen LogP contribution in [-0.4, -0.2) is 15.1 Å². The fourth-order valence-corrected chi connectivity index (χ4v) is 1.16. The average molecular weight is 373 g/mol. The Morgan fingerprint density at radius 2 is 1.30 bits per heavy atom. The van der Waals surface area contributed by atoms with Gasteiger partial charge in [-0.25, -0.2) is 5.57 Å². The Hall–Kier alpha value is 0.951. The standard InChI is InChI=1S/C9H13.C4H10N.C2H7Si.2ClH.Ti/c1-6-5-7(2)9(4)8(6)3;1-4(2,3)5;1-3-2;;;/h6H,1-4H3;5H,1-3H3;3H,1-2H3;2*1H;/q2*-1;;;;+2. The van der Waals surface area contributed by atoms with Crippen LogP contribution in [0.15, 0.2) is 16.7 Å². The van der Waals surface area contributed by atoms with Crippen LogP contribution in [0.4, 0.5) is 0 Å². The number of allylic oxidation sites excluding steroid dienone is 4. The first-order chi connectivity index (χ1) is 7.54. The van der Waals surface area contributed by atoms with Gasteiger partial charge < -0.3 is 5.73 Å². The summed E-state index contributed by atoms with van der Waals surface area (Å²) in [5.41, 5.74) is 10.9. The average Bonchev–Trinajstić information content (AvgIpc) is 2.32. The molecule has 0 fully saturated rings. The summed E-state index contributed by atoms with van der Waals surface area (Å²) in [6, 6.07) is 0. The minimum absolute atomic E-state index is 0. The van der Waals surface area contributed by atoms with Gasteiger partial charge in [-0.3, -0.25) is 6.08 Å². The first-order valence-corrected chi connectivity index (χ1v) is 8.62. The van der Waals surface area contributed by atoms with E-state index in [1.54, 1.807) is 0 Å². The Bertz CT molecular complexity index is 278. The Morgan fingerprint density at radius 3 is 1.35 bits per heavy atom. The van der Waals surface area contributed by atoms with Gasteiger partial charge in [0.2, 0.25) is 0 Å². The molecule has 0 aromatic heterocycles. The molecule has 1 aliphatic rings. The van der Waals surface area contributed by atoms with Gasteiger partial charge in [-0.2, -0.15) is 11.1 Å². The van der Waals surface area contributed by atoms with Crippen molar-refractivity contribution >= 4 is 34.3 Å². The summed E-state index contributed by atoms with van der Waals surface area (Å²) < 4.78 is 0. The van der Waals surface area contributed by atoms with Crippen LogP contribution >= 0.6 is 24.8 Å². The summed E-state index contributed by atoms with van der Waals surface area (Å²) in [5, 5.41) is 0.